The minimum atomic E-state index is -1.31. The molecule has 1 saturated heterocycles. The van der Waals surface area contributed by atoms with E-state index in [1.165, 1.54) is 0 Å². The molecule has 2 heteroatoms. The first-order chi connectivity index (χ1) is 10.7. The van der Waals surface area contributed by atoms with E-state index < -0.39 is 14.5 Å². The highest BCUT2D eigenvalue weighted by Crippen LogP contribution is 2.95. The monoisotopic (exact) mass is 362 g/mol. The van der Waals surface area contributed by atoms with Gasteiger partial charge < -0.3 is 0 Å². The van der Waals surface area contributed by atoms with E-state index in [4.69, 9.17) is 0 Å². The van der Waals surface area contributed by atoms with Crippen LogP contribution >= 0.6 is 14.5 Å². The lowest BCUT2D eigenvalue weighted by molar-refractivity contribution is 0.816. The summed E-state index contributed by atoms with van der Waals surface area (Å²) in [4.78, 5) is 0. The van der Waals surface area contributed by atoms with Gasteiger partial charge in [0.15, 0.2) is 10.3 Å². The maximum Gasteiger partial charge on any atom is 0.158 e. The van der Waals surface area contributed by atoms with E-state index in [9.17, 15) is 0 Å². The Hall–Kier alpha value is -0.180. The van der Waals surface area contributed by atoms with Crippen molar-refractivity contribution in [3.8, 4) is 0 Å². The number of hydrogen-bond acceptors (Lipinski definition) is 0. The summed E-state index contributed by atoms with van der Waals surface area (Å²) in [5, 5.41) is 4.24. The molecule has 1 fully saturated rings. The van der Waals surface area contributed by atoms with Gasteiger partial charge in [-0.2, -0.15) is 0 Å². The van der Waals surface area contributed by atoms with Gasteiger partial charge in [-0.15, -0.1) is 0 Å². The SMILES string of the molecule is CC1=C(C)C2(C)C(=C1C)[P+](C)(C)C1(C)C(C)=C(C)C(C)=C1[P+]2(C)C. The quantitative estimate of drug-likeness (QED) is 0.396. The lowest BCUT2D eigenvalue weighted by Crippen LogP contribution is -2.46. The molecular weight excluding hydrogens is 326 g/mol. The third kappa shape index (κ3) is 1.56. The van der Waals surface area contributed by atoms with Crippen molar-refractivity contribution >= 4 is 14.5 Å². The van der Waals surface area contributed by atoms with Crippen LogP contribution in [0, 0.1) is 0 Å². The van der Waals surface area contributed by atoms with E-state index >= 15 is 0 Å². The average molecular weight is 362 g/mol. The second-order valence-corrected chi connectivity index (χ2v) is 18.0. The van der Waals surface area contributed by atoms with Crippen molar-refractivity contribution < 1.29 is 0 Å². The van der Waals surface area contributed by atoms with Crippen molar-refractivity contribution in [2.75, 3.05) is 26.7 Å². The summed E-state index contributed by atoms with van der Waals surface area (Å²) in [6, 6.07) is 0. The minimum Gasteiger partial charge on any atom is -0.0409 e. The van der Waals surface area contributed by atoms with Crippen LogP contribution in [0.4, 0.5) is 0 Å². The molecule has 3 aliphatic rings. The Labute approximate surface area is 151 Å². The molecular formula is C22H36P2+2. The molecule has 0 saturated carbocycles. The number of allylic oxidation sites excluding steroid dienone is 8. The summed E-state index contributed by atoms with van der Waals surface area (Å²) in [7, 11) is -2.63. The molecule has 0 bridgehead atoms. The molecule has 0 nitrogen and oxygen atoms in total. The highest BCUT2D eigenvalue weighted by atomic mass is 31.2. The van der Waals surface area contributed by atoms with Crippen LogP contribution in [0.2, 0.25) is 0 Å². The van der Waals surface area contributed by atoms with E-state index in [1.54, 1.807) is 33.4 Å². The van der Waals surface area contributed by atoms with Crippen LogP contribution in [0.25, 0.3) is 0 Å². The average Bonchev–Trinajstić information content (AvgIpc) is 2.77. The highest BCUT2D eigenvalue weighted by molar-refractivity contribution is 7.89. The van der Waals surface area contributed by atoms with E-state index in [2.05, 4.69) is 82.0 Å². The minimum absolute atomic E-state index is 0.277. The van der Waals surface area contributed by atoms with Gasteiger partial charge in [0.25, 0.3) is 0 Å². The van der Waals surface area contributed by atoms with E-state index in [1.807, 2.05) is 10.6 Å². The standard InChI is InChI=1S/C22H36P2/c1-13-15(3)19-21(7,17(13)5)24(11,12)20-16(4)14(2)18(6)22(20,8)23(19,9)10/h1-12H3/q+2. The molecule has 24 heavy (non-hydrogen) atoms. The van der Waals surface area contributed by atoms with Gasteiger partial charge in [-0.25, -0.2) is 0 Å². The van der Waals surface area contributed by atoms with Gasteiger partial charge in [0.1, 0.15) is 10.6 Å². The van der Waals surface area contributed by atoms with Gasteiger partial charge in [-0.3, -0.25) is 0 Å². The van der Waals surface area contributed by atoms with Gasteiger partial charge >= 0.3 is 0 Å². The molecule has 0 radical (unpaired) electrons. The van der Waals surface area contributed by atoms with Crippen molar-refractivity contribution in [2.24, 2.45) is 0 Å². The van der Waals surface area contributed by atoms with Crippen LogP contribution in [0.1, 0.15) is 55.4 Å². The zero-order valence-electron chi connectivity index (χ0n) is 17.9. The van der Waals surface area contributed by atoms with Crippen molar-refractivity contribution in [1.29, 1.82) is 0 Å². The molecule has 0 N–H and O–H groups in total. The third-order valence-electron chi connectivity index (χ3n) is 8.70. The Kier molecular flexibility index (Phi) is 3.68. The van der Waals surface area contributed by atoms with Crippen molar-refractivity contribution in [3.63, 3.8) is 0 Å². The first-order valence-corrected chi connectivity index (χ1v) is 14.5. The van der Waals surface area contributed by atoms with E-state index in [0.717, 1.165) is 0 Å². The molecule has 2 aliphatic carbocycles. The number of rotatable bonds is 0. The molecule has 0 aromatic heterocycles. The topological polar surface area (TPSA) is 0 Å². The lowest BCUT2D eigenvalue weighted by Gasteiger charge is -2.54. The van der Waals surface area contributed by atoms with Gasteiger partial charge in [0.2, 0.25) is 0 Å². The van der Waals surface area contributed by atoms with Crippen molar-refractivity contribution in [1.82, 2.24) is 0 Å². The fourth-order valence-corrected chi connectivity index (χ4v) is 18.3. The molecule has 0 aromatic rings. The number of hydrogen-bond donors (Lipinski definition) is 0. The molecule has 0 spiro atoms. The van der Waals surface area contributed by atoms with Gasteiger partial charge in [-0.1, -0.05) is 0 Å². The van der Waals surface area contributed by atoms with Crippen LogP contribution < -0.4 is 0 Å². The van der Waals surface area contributed by atoms with Crippen molar-refractivity contribution in [2.45, 2.75) is 65.7 Å². The molecule has 132 valence electrons. The van der Waals surface area contributed by atoms with E-state index in [0.29, 0.717) is 0 Å². The van der Waals surface area contributed by atoms with Gasteiger partial charge in [0, 0.05) is 0 Å². The van der Waals surface area contributed by atoms with Crippen LogP contribution in [0.5, 0.6) is 0 Å². The molecule has 2 unspecified atom stereocenters. The first-order valence-electron chi connectivity index (χ1n) is 9.18. The van der Waals surface area contributed by atoms with Crippen LogP contribution in [-0.4, -0.2) is 37.0 Å². The second kappa shape index (κ2) is 4.75. The smallest absolute Gasteiger partial charge is 0.0409 e. The number of fused-ring (bicyclic) bond motifs is 2. The lowest BCUT2D eigenvalue weighted by atomic mass is 10.0. The first kappa shape index (κ1) is 18.6. The summed E-state index contributed by atoms with van der Waals surface area (Å²) in [5.74, 6) is 0. The Morgan fingerprint density at radius 2 is 0.750 bits per heavy atom. The van der Waals surface area contributed by atoms with Gasteiger partial charge in [0.05, 0.1) is 41.2 Å². The Morgan fingerprint density at radius 3 is 1.00 bits per heavy atom. The zero-order valence-corrected chi connectivity index (χ0v) is 19.7. The molecule has 0 amide bonds. The fraction of sp³-hybridized carbons (Fsp3) is 0.636. The molecule has 3 rings (SSSR count). The predicted octanol–water partition coefficient (Wildman–Crippen LogP) is 7.32. The largest absolute Gasteiger partial charge is 0.158 e. The highest BCUT2D eigenvalue weighted by Gasteiger charge is 2.78. The second-order valence-electron chi connectivity index (χ2n) is 9.50. The Bertz CT molecular complexity index is 730. The zero-order chi connectivity index (χ0) is 18.6. The van der Waals surface area contributed by atoms with Crippen molar-refractivity contribution in [3.05, 3.63) is 44.1 Å². The third-order valence-corrected chi connectivity index (χ3v) is 18.4. The summed E-state index contributed by atoms with van der Waals surface area (Å²) in [5.41, 5.74) is 9.72. The molecule has 1 heterocycles. The predicted molar refractivity (Wildman–Crippen MR) is 116 cm³/mol. The maximum atomic E-state index is 2.63. The maximum absolute atomic E-state index is 2.63. The Balaban J connectivity index is 2.52. The fourth-order valence-electron chi connectivity index (χ4n) is 6.48. The summed E-state index contributed by atoms with van der Waals surface area (Å²) in [6.45, 7) is 30.1. The molecule has 0 aromatic carbocycles. The van der Waals surface area contributed by atoms with Crippen LogP contribution in [0.15, 0.2) is 44.1 Å². The van der Waals surface area contributed by atoms with E-state index in [-0.39, 0.29) is 10.3 Å². The summed E-state index contributed by atoms with van der Waals surface area (Å²) in [6.07, 6.45) is 0. The summed E-state index contributed by atoms with van der Waals surface area (Å²) >= 11 is 0. The van der Waals surface area contributed by atoms with Gasteiger partial charge in [-0.05, 0) is 88.8 Å². The Morgan fingerprint density at radius 1 is 0.500 bits per heavy atom. The van der Waals surface area contributed by atoms with Crippen LogP contribution in [0.3, 0.4) is 0 Å². The normalized spacial score (nSPS) is 37.5. The van der Waals surface area contributed by atoms with Crippen LogP contribution in [-0.2, 0) is 0 Å². The summed E-state index contributed by atoms with van der Waals surface area (Å²) < 4.78 is 0. The molecule has 1 aliphatic heterocycles. The molecule has 2 atom stereocenters.